The van der Waals surface area contributed by atoms with Crippen molar-refractivity contribution in [3.63, 3.8) is 0 Å². The van der Waals surface area contributed by atoms with E-state index in [-0.39, 0.29) is 25.7 Å². The Hall–Kier alpha value is -1.45. The molecule has 1 saturated carbocycles. The van der Waals surface area contributed by atoms with E-state index in [1.807, 2.05) is 0 Å². The summed E-state index contributed by atoms with van der Waals surface area (Å²) in [5.74, 6) is -6.65. The van der Waals surface area contributed by atoms with Gasteiger partial charge in [-0.15, -0.1) is 0 Å². The topological polar surface area (TPSA) is 110 Å². The number of aliphatic hydroxyl groups is 1. The molecule has 1 unspecified atom stereocenters. The van der Waals surface area contributed by atoms with Crippen molar-refractivity contribution in [3.05, 3.63) is 12.2 Å². The van der Waals surface area contributed by atoms with Crippen molar-refractivity contribution in [1.29, 1.82) is 0 Å². The number of carbonyl (C=O) groups excluding carboxylic acids is 1. The SMILES string of the molecule is C=C(COCCC(F)(F)C(F)(F)S(=O)(=O)O)C(=O)OC1(C(C)(O)C(F)(F)F)CCCC1. The van der Waals surface area contributed by atoms with Crippen molar-refractivity contribution in [2.24, 2.45) is 0 Å². The fourth-order valence-electron chi connectivity index (χ4n) is 2.93. The van der Waals surface area contributed by atoms with Crippen molar-refractivity contribution in [3.8, 4) is 0 Å². The first-order chi connectivity index (χ1) is 13.7. The molecule has 0 aromatic heterocycles. The molecule has 0 amide bonds. The van der Waals surface area contributed by atoms with Gasteiger partial charge in [0.15, 0.2) is 5.60 Å². The molecule has 0 saturated heterocycles. The Labute approximate surface area is 172 Å². The van der Waals surface area contributed by atoms with Crippen LogP contribution in [0, 0.1) is 0 Å². The molecule has 7 nitrogen and oxygen atoms in total. The Morgan fingerprint density at radius 1 is 1.10 bits per heavy atom. The molecule has 0 spiro atoms. The molecule has 0 aliphatic heterocycles. The van der Waals surface area contributed by atoms with Crippen LogP contribution in [-0.4, -0.2) is 65.8 Å². The molecule has 0 bridgehead atoms. The van der Waals surface area contributed by atoms with Crippen LogP contribution >= 0.6 is 0 Å². The lowest BCUT2D eigenvalue weighted by Gasteiger charge is -2.42. The average molecular weight is 490 g/mol. The fraction of sp³-hybridized carbons (Fsp3) is 0.812. The highest BCUT2D eigenvalue weighted by Crippen LogP contribution is 2.49. The minimum atomic E-state index is -6.42. The Morgan fingerprint density at radius 3 is 2.00 bits per heavy atom. The van der Waals surface area contributed by atoms with Crippen LogP contribution in [0.15, 0.2) is 12.2 Å². The number of ether oxygens (including phenoxy) is 2. The number of esters is 1. The van der Waals surface area contributed by atoms with Crippen molar-refractivity contribution in [2.75, 3.05) is 13.2 Å². The zero-order valence-corrected chi connectivity index (χ0v) is 17.0. The largest absolute Gasteiger partial charge is 0.452 e. The first-order valence-electron chi connectivity index (χ1n) is 8.72. The first kappa shape index (κ1) is 27.6. The molecule has 0 heterocycles. The highest BCUT2D eigenvalue weighted by Gasteiger charge is 2.66. The maximum atomic E-state index is 13.3. The third-order valence-electron chi connectivity index (χ3n) is 5.01. The van der Waals surface area contributed by atoms with E-state index in [1.165, 1.54) is 0 Å². The quantitative estimate of drug-likeness (QED) is 0.159. The van der Waals surface area contributed by atoms with Gasteiger partial charge >= 0.3 is 33.4 Å². The molecule has 1 aliphatic rings. The molecule has 182 valence electrons. The summed E-state index contributed by atoms with van der Waals surface area (Å²) in [5.41, 5.74) is -6.36. The summed E-state index contributed by atoms with van der Waals surface area (Å²) in [6.07, 6.45) is -7.19. The highest BCUT2D eigenvalue weighted by atomic mass is 32.2. The van der Waals surface area contributed by atoms with Gasteiger partial charge < -0.3 is 14.6 Å². The molecule has 1 fully saturated rings. The fourth-order valence-corrected chi connectivity index (χ4v) is 3.41. The van der Waals surface area contributed by atoms with Gasteiger partial charge in [0.1, 0.15) is 5.60 Å². The summed E-state index contributed by atoms with van der Waals surface area (Å²) in [4.78, 5) is 12.1. The normalized spacial score (nSPS) is 19.7. The first-order valence-corrected chi connectivity index (χ1v) is 10.2. The highest BCUT2D eigenvalue weighted by molar-refractivity contribution is 7.87. The van der Waals surface area contributed by atoms with Gasteiger partial charge in [-0.3, -0.25) is 4.55 Å². The van der Waals surface area contributed by atoms with Gasteiger partial charge in [-0.1, -0.05) is 6.58 Å². The summed E-state index contributed by atoms with van der Waals surface area (Å²) in [7, 11) is -6.42. The van der Waals surface area contributed by atoms with E-state index in [1.54, 1.807) is 0 Å². The molecular formula is C16H21F7O7S. The van der Waals surface area contributed by atoms with Crippen molar-refractivity contribution >= 4 is 16.1 Å². The number of carbonyl (C=O) groups is 1. The average Bonchev–Trinajstić information content (AvgIpc) is 3.06. The van der Waals surface area contributed by atoms with Gasteiger partial charge in [-0.25, -0.2) is 4.79 Å². The molecule has 0 radical (unpaired) electrons. The molecule has 0 aromatic carbocycles. The maximum Gasteiger partial charge on any atom is 0.431 e. The van der Waals surface area contributed by atoms with Crippen LogP contribution in [0.3, 0.4) is 0 Å². The summed E-state index contributed by atoms with van der Waals surface area (Å²) < 4.78 is 131. The standard InChI is InChI=1S/C16H21F7O7S/c1-10(9-29-8-7-14(17,18)16(22,23)31(26,27)28)11(24)30-13(5-3-4-6-13)12(2,25)15(19,20)21/h25H,1,3-9H2,2H3,(H,26,27,28). The van der Waals surface area contributed by atoms with Crippen molar-refractivity contribution in [2.45, 2.75) is 67.6 Å². The van der Waals surface area contributed by atoms with Crippen molar-refractivity contribution in [1.82, 2.24) is 0 Å². The second-order valence-electron chi connectivity index (χ2n) is 7.26. The Kier molecular flexibility index (Phi) is 7.85. The summed E-state index contributed by atoms with van der Waals surface area (Å²) >= 11 is 0. The summed E-state index contributed by atoms with van der Waals surface area (Å²) in [5, 5.41) is 4.20. The molecule has 1 rings (SSSR count). The second kappa shape index (κ2) is 8.83. The Morgan fingerprint density at radius 2 is 1.58 bits per heavy atom. The number of alkyl halides is 7. The zero-order valence-electron chi connectivity index (χ0n) is 16.1. The Bertz CT molecular complexity index is 785. The lowest BCUT2D eigenvalue weighted by atomic mass is 9.81. The molecule has 15 heteroatoms. The second-order valence-corrected chi connectivity index (χ2v) is 8.73. The van der Waals surface area contributed by atoms with Gasteiger partial charge in [0.2, 0.25) is 0 Å². The minimum absolute atomic E-state index is 0.222. The molecule has 1 aliphatic carbocycles. The van der Waals surface area contributed by atoms with E-state index in [9.17, 15) is 49.1 Å². The van der Waals surface area contributed by atoms with Crippen molar-refractivity contribution < 1.29 is 63.1 Å². The van der Waals surface area contributed by atoms with Crippen LogP contribution < -0.4 is 0 Å². The predicted molar refractivity (Wildman–Crippen MR) is 90.0 cm³/mol. The van der Waals surface area contributed by atoms with Crippen LogP contribution in [0.5, 0.6) is 0 Å². The van der Waals surface area contributed by atoms with Crippen LogP contribution in [0.4, 0.5) is 30.7 Å². The summed E-state index contributed by atoms with van der Waals surface area (Å²) in [6, 6.07) is 0. The van der Waals surface area contributed by atoms with Gasteiger partial charge in [0, 0.05) is 6.42 Å². The van der Waals surface area contributed by atoms with Crippen LogP contribution in [0.1, 0.15) is 39.0 Å². The lowest BCUT2D eigenvalue weighted by Crippen LogP contribution is -2.61. The van der Waals surface area contributed by atoms with E-state index in [2.05, 4.69) is 11.3 Å². The van der Waals surface area contributed by atoms with E-state index >= 15 is 0 Å². The van der Waals surface area contributed by atoms with E-state index < -0.39 is 69.9 Å². The smallest absolute Gasteiger partial charge is 0.431 e. The lowest BCUT2D eigenvalue weighted by molar-refractivity contribution is -0.311. The number of rotatable bonds is 10. The number of hydrogen-bond acceptors (Lipinski definition) is 6. The van der Waals surface area contributed by atoms with Crippen LogP contribution in [-0.2, 0) is 24.4 Å². The molecule has 2 N–H and O–H groups in total. The molecule has 1 atom stereocenters. The van der Waals surface area contributed by atoms with Gasteiger partial charge in [-0.2, -0.15) is 39.2 Å². The van der Waals surface area contributed by atoms with Gasteiger partial charge in [0.25, 0.3) is 0 Å². The Balaban J connectivity index is 2.72. The van der Waals surface area contributed by atoms with E-state index in [0.29, 0.717) is 6.92 Å². The zero-order chi connectivity index (χ0) is 24.5. The molecule has 31 heavy (non-hydrogen) atoms. The third-order valence-corrected chi connectivity index (χ3v) is 5.96. The molecular weight excluding hydrogens is 469 g/mol. The minimum Gasteiger partial charge on any atom is -0.452 e. The number of hydrogen-bond donors (Lipinski definition) is 2. The van der Waals surface area contributed by atoms with Crippen LogP contribution in [0.2, 0.25) is 0 Å². The van der Waals surface area contributed by atoms with Gasteiger partial charge in [0.05, 0.1) is 18.8 Å². The maximum absolute atomic E-state index is 13.3. The van der Waals surface area contributed by atoms with Crippen LogP contribution in [0.25, 0.3) is 0 Å². The third kappa shape index (κ3) is 5.49. The van der Waals surface area contributed by atoms with E-state index in [4.69, 9.17) is 9.29 Å². The van der Waals surface area contributed by atoms with E-state index in [0.717, 1.165) is 0 Å². The van der Waals surface area contributed by atoms with Gasteiger partial charge in [-0.05, 0) is 32.6 Å². The monoisotopic (exact) mass is 490 g/mol. The summed E-state index contributed by atoms with van der Waals surface area (Å²) in [6.45, 7) is 1.46. The molecule has 0 aromatic rings. The number of halogens is 7. The predicted octanol–water partition coefficient (Wildman–Crippen LogP) is 3.23.